The van der Waals surface area contributed by atoms with E-state index in [1.807, 2.05) is 0 Å². The van der Waals surface area contributed by atoms with Crippen LogP contribution < -0.4 is 10.5 Å². The van der Waals surface area contributed by atoms with Gasteiger partial charge in [0.2, 0.25) is 0 Å². The van der Waals surface area contributed by atoms with Crippen LogP contribution in [0.5, 0.6) is 5.75 Å². The highest BCUT2D eigenvalue weighted by Crippen LogP contribution is 2.33. The summed E-state index contributed by atoms with van der Waals surface area (Å²) < 4.78 is 43.9. The summed E-state index contributed by atoms with van der Waals surface area (Å²) in [6, 6.07) is 8.64. The van der Waals surface area contributed by atoms with Crippen molar-refractivity contribution in [3.63, 3.8) is 0 Å². The van der Waals surface area contributed by atoms with E-state index < -0.39 is 11.7 Å². The molecule has 0 bridgehead atoms. The first-order valence-electron chi connectivity index (χ1n) is 6.54. The average molecular weight is 294 g/mol. The van der Waals surface area contributed by atoms with Gasteiger partial charge in [-0.1, -0.05) is 0 Å². The molecule has 2 aromatic rings. The smallest absolute Gasteiger partial charge is 0.416 e. The van der Waals surface area contributed by atoms with Gasteiger partial charge in [0.15, 0.2) is 0 Å². The standard InChI is InChI=1S/C15H13F3N2O/c16-15(17,18)10-7-13(20-14(19)8-10)9-1-3-11(4-2-9)21-12-5-6-12/h1-4,7-8,12H,5-6H2,(H2,19,20). The van der Waals surface area contributed by atoms with Gasteiger partial charge in [0.25, 0.3) is 0 Å². The topological polar surface area (TPSA) is 48.1 Å². The van der Waals surface area contributed by atoms with Gasteiger partial charge in [-0.25, -0.2) is 4.98 Å². The van der Waals surface area contributed by atoms with Crippen LogP contribution in [-0.4, -0.2) is 11.1 Å². The maximum absolute atomic E-state index is 12.8. The molecule has 1 aliphatic carbocycles. The van der Waals surface area contributed by atoms with Gasteiger partial charge in [0, 0.05) is 5.56 Å². The molecule has 0 amide bonds. The number of anilines is 1. The molecule has 1 aromatic carbocycles. The lowest BCUT2D eigenvalue weighted by molar-refractivity contribution is -0.137. The molecule has 1 aliphatic rings. The molecule has 1 saturated carbocycles. The zero-order chi connectivity index (χ0) is 15.0. The lowest BCUT2D eigenvalue weighted by atomic mass is 10.1. The molecule has 0 aliphatic heterocycles. The number of nitrogens with two attached hydrogens (primary N) is 1. The monoisotopic (exact) mass is 294 g/mol. The highest BCUT2D eigenvalue weighted by Gasteiger charge is 2.31. The zero-order valence-corrected chi connectivity index (χ0v) is 11.0. The van der Waals surface area contributed by atoms with Crippen LogP contribution in [-0.2, 0) is 6.18 Å². The molecule has 0 radical (unpaired) electrons. The van der Waals surface area contributed by atoms with E-state index in [1.54, 1.807) is 24.3 Å². The van der Waals surface area contributed by atoms with E-state index >= 15 is 0 Å². The lowest BCUT2D eigenvalue weighted by Crippen LogP contribution is -2.07. The number of ether oxygens (including phenoxy) is 1. The van der Waals surface area contributed by atoms with Crippen molar-refractivity contribution in [1.29, 1.82) is 0 Å². The number of rotatable bonds is 3. The number of alkyl halides is 3. The van der Waals surface area contributed by atoms with E-state index in [0.29, 0.717) is 11.3 Å². The Balaban J connectivity index is 1.90. The Bertz CT molecular complexity index is 649. The summed E-state index contributed by atoms with van der Waals surface area (Å²) in [6.07, 6.45) is -2.07. The molecular weight excluding hydrogens is 281 g/mol. The van der Waals surface area contributed by atoms with Crippen LogP contribution in [0, 0.1) is 0 Å². The van der Waals surface area contributed by atoms with E-state index in [2.05, 4.69) is 4.98 Å². The fraction of sp³-hybridized carbons (Fsp3) is 0.267. The number of nitrogens with zero attached hydrogens (tertiary/aromatic N) is 1. The summed E-state index contributed by atoms with van der Waals surface area (Å²) in [4.78, 5) is 3.96. The molecule has 0 unspecified atom stereocenters. The van der Waals surface area contributed by atoms with Crippen molar-refractivity contribution in [1.82, 2.24) is 4.98 Å². The second kappa shape index (κ2) is 4.95. The summed E-state index contributed by atoms with van der Waals surface area (Å²) in [5, 5.41) is 0. The molecule has 0 spiro atoms. The highest BCUT2D eigenvalue weighted by molar-refractivity contribution is 5.63. The molecular formula is C15H13F3N2O. The summed E-state index contributed by atoms with van der Waals surface area (Å²) >= 11 is 0. The van der Waals surface area contributed by atoms with Crippen molar-refractivity contribution >= 4 is 5.82 Å². The third-order valence-corrected chi connectivity index (χ3v) is 3.15. The van der Waals surface area contributed by atoms with Crippen LogP contribution in [0.4, 0.5) is 19.0 Å². The number of nitrogen functional groups attached to an aromatic ring is 1. The Morgan fingerprint density at radius 2 is 1.76 bits per heavy atom. The first-order chi connectivity index (χ1) is 9.91. The molecule has 1 aromatic heterocycles. The van der Waals surface area contributed by atoms with Crippen molar-refractivity contribution in [3.8, 4) is 17.0 Å². The summed E-state index contributed by atoms with van der Waals surface area (Å²) in [7, 11) is 0. The quantitative estimate of drug-likeness (QED) is 0.934. The van der Waals surface area contributed by atoms with Gasteiger partial charge in [-0.2, -0.15) is 13.2 Å². The van der Waals surface area contributed by atoms with Crippen molar-refractivity contribution in [2.45, 2.75) is 25.1 Å². The number of aromatic nitrogens is 1. The van der Waals surface area contributed by atoms with Crippen molar-refractivity contribution < 1.29 is 17.9 Å². The number of halogens is 3. The predicted octanol–water partition coefficient (Wildman–Crippen LogP) is 3.89. The normalized spacial score (nSPS) is 15.0. The molecule has 0 saturated heterocycles. The van der Waals surface area contributed by atoms with Gasteiger partial charge in [0.05, 0.1) is 17.4 Å². The second-order valence-electron chi connectivity index (χ2n) is 5.01. The minimum absolute atomic E-state index is 0.155. The number of hydrogen-bond donors (Lipinski definition) is 1. The van der Waals surface area contributed by atoms with Gasteiger partial charge in [0.1, 0.15) is 11.6 Å². The minimum Gasteiger partial charge on any atom is -0.490 e. The fourth-order valence-corrected chi connectivity index (χ4v) is 1.95. The largest absolute Gasteiger partial charge is 0.490 e. The minimum atomic E-state index is -4.44. The molecule has 3 rings (SSSR count). The zero-order valence-electron chi connectivity index (χ0n) is 11.0. The molecule has 0 atom stereocenters. The van der Waals surface area contributed by atoms with E-state index in [9.17, 15) is 13.2 Å². The Labute approximate surface area is 119 Å². The van der Waals surface area contributed by atoms with Gasteiger partial charge < -0.3 is 10.5 Å². The van der Waals surface area contributed by atoms with E-state index in [0.717, 1.165) is 25.0 Å². The van der Waals surface area contributed by atoms with Crippen LogP contribution >= 0.6 is 0 Å². The van der Waals surface area contributed by atoms with Crippen LogP contribution in [0.3, 0.4) is 0 Å². The summed E-state index contributed by atoms with van der Waals surface area (Å²) in [5.41, 5.74) is 5.42. The molecule has 6 heteroatoms. The third-order valence-electron chi connectivity index (χ3n) is 3.15. The van der Waals surface area contributed by atoms with Gasteiger partial charge >= 0.3 is 6.18 Å². The Kier molecular flexibility index (Phi) is 3.23. The molecule has 21 heavy (non-hydrogen) atoms. The summed E-state index contributed by atoms with van der Waals surface area (Å²) in [6.45, 7) is 0. The third kappa shape index (κ3) is 3.26. The first-order valence-corrected chi connectivity index (χ1v) is 6.54. The summed E-state index contributed by atoms with van der Waals surface area (Å²) in [5.74, 6) is 0.555. The van der Waals surface area contributed by atoms with Crippen molar-refractivity contribution in [3.05, 3.63) is 42.0 Å². The Morgan fingerprint density at radius 3 is 2.33 bits per heavy atom. The number of benzene rings is 1. The molecule has 3 nitrogen and oxygen atoms in total. The Hall–Kier alpha value is -2.24. The van der Waals surface area contributed by atoms with E-state index in [4.69, 9.17) is 10.5 Å². The van der Waals surface area contributed by atoms with Crippen LogP contribution in [0.15, 0.2) is 36.4 Å². The second-order valence-corrected chi connectivity index (χ2v) is 5.01. The van der Waals surface area contributed by atoms with Crippen LogP contribution in [0.25, 0.3) is 11.3 Å². The van der Waals surface area contributed by atoms with Crippen LogP contribution in [0.1, 0.15) is 18.4 Å². The molecule has 1 fully saturated rings. The lowest BCUT2D eigenvalue weighted by Gasteiger charge is -2.10. The number of pyridine rings is 1. The van der Waals surface area contributed by atoms with E-state index in [1.165, 1.54) is 0 Å². The highest BCUT2D eigenvalue weighted by atomic mass is 19.4. The van der Waals surface area contributed by atoms with Gasteiger partial charge in [-0.05, 0) is 49.2 Å². The Morgan fingerprint density at radius 1 is 1.10 bits per heavy atom. The maximum Gasteiger partial charge on any atom is 0.416 e. The first kappa shape index (κ1) is 13.7. The molecule has 1 heterocycles. The maximum atomic E-state index is 12.8. The molecule has 2 N–H and O–H groups in total. The fourth-order valence-electron chi connectivity index (χ4n) is 1.95. The predicted molar refractivity (Wildman–Crippen MR) is 72.7 cm³/mol. The molecule has 110 valence electrons. The van der Waals surface area contributed by atoms with Gasteiger partial charge in [-0.3, -0.25) is 0 Å². The average Bonchev–Trinajstić information content (AvgIpc) is 3.22. The number of hydrogen-bond acceptors (Lipinski definition) is 3. The van der Waals surface area contributed by atoms with Gasteiger partial charge in [-0.15, -0.1) is 0 Å². The van der Waals surface area contributed by atoms with E-state index in [-0.39, 0.29) is 17.6 Å². The van der Waals surface area contributed by atoms with Crippen LogP contribution in [0.2, 0.25) is 0 Å². The van der Waals surface area contributed by atoms with Crippen molar-refractivity contribution in [2.75, 3.05) is 5.73 Å². The SMILES string of the molecule is Nc1cc(C(F)(F)F)cc(-c2ccc(OC3CC3)cc2)n1. The van der Waals surface area contributed by atoms with Crippen molar-refractivity contribution in [2.24, 2.45) is 0 Å².